The van der Waals surface area contributed by atoms with Gasteiger partial charge in [-0.25, -0.2) is 12.7 Å². The smallest absolute Gasteiger partial charge is 0.221 e. The van der Waals surface area contributed by atoms with Crippen LogP contribution in [0.15, 0.2) is 48.7 Å². The minimum absolute atomic E-state index is 0.145. The normalized spacial score (nSPS) is 17.7. The van der Waals surface area contributed by atoms with E-state index in [4.69, 9.17) is 10.5 Å². The van der Waals surface area contributed by atoms with Crippen molar-refractivity contribution in [2.75, 3.05) is 32.1 Å². The molecule has 2 heterocycles. The number of hydrogen-bond donors (Lipinski definition) is 2. The van der Waals surface area contributed by atoms with Gasteiger partial charge in [0.15, 0.2) is 0 Å². The van der Waals surface area contributed by atoms with Gasteiger partial charge in [-0.1, -0.05) is 36.8 Å². The molecule has 0 spiro atoms. The number of carbonyl (C=O) groups is 1. The minimum Gasteiger partial charge on any atom is -0.381 e. The van der Waals surface area contributed by atoms with Crippen LogP contribution in [0.25, 0.3) is 22.0 Å². The number of piperidine rings is 1. The molecule has 2 aromatic carbocycles. The minimum atomic E-state index is -3.28. The lowest BCUT2D eigenvalue weighted by atomic mass is 9.86. The van der Waals surface area contributed by atoms with E-state index in [1.54, 1.807) is 4.31 Å². The molecule has 0 atom stereocenters. The van der Waals surface area contributed by atoms with E-state index in [9.17, 15) is 13.2 Å². The first-order chi connectivity index (χ1) is 17.9. The second-order valence-electron chi connectivity index (χ2n) is 10.5. The summed E-state index contributed by atoms with van der Waals surface area (Å²) >= 11 is 0. The zero-order valence-corrected chi connectivity index (χ0v) is 22.1. The van der Waals surface area contributed by atoms with E-state index in [2.05, 4.69) is 23.2 Å². The highest BCUT2D eigenvalue weighted by Crippen LogP contribution is 2.37. The predicted molar refractivity (Wildman–Crippen MR) is 147 cm³/mol. The van der Waals surface area contributed by atoms with Crippen molar-refractivity contribution in [2.24, 2.45) is 11.7 Å². The fourth-order valence-corrected chi connectivity index (χ4v) is 7.13. The third kappa shape index (κ3) is 6.08. The lowest BCUT2D eigenvalue weighted by Gasteiger charge is -2.31. The number of hydrogen-bond acceptors (Lipinski definition) is 4. The molecule has 7 nitrogen and oxygen atoms in total. The Labute approximate surface area is 219 Å². The third-order valence-electron chi connectivity index (χ3n) is 7.93. The summed E-state index contributed by atoms with van der Waals surface area (Å²) in [6, 6.07) is 14.3. The molecule has 2 fully saturated rings. The number of sulfonamides is 1. The summed E-state index contributed by atoms with van der Waals surface area (Å²) in [7, 11) is -3.28. The van der Waals surface area contributed by atoms with E-state index >= 15 is 0 Å². The first kappa shape index (κ1) is 25.9. The summed E-state index contributed by atoms with van der Waals surface area (Å²) in [5.41, 5.74) is 10.7. The third-order valence-corrected chi connectivity index (χ3v) is 9.89. The zero-order valence-electron chi connectivity index (χ0n) is 21.3. The maximum atomic E-state index is 12.9. The van der Waals surface area contributed by atoms with Gasteiger partial charge in [-0.3, -0.25) is 4.79 Å². The molecule has 0 unspecified atom stereocenters. The molecular formula is C29H37N3O4S. The van der Waals surface area contributed by atoms with Gasteiger partial charge in [0.05, 0.1) is 12.2 Å². The number of primary amides is 1. The van der Waals surface area contributed by atoms with E-state index in [0.29, 0.717) is 32.0 Å². The number of nitrogens with zero attached hydrogens (tertiary/aromatic N) is 1. The van der Waals surface area contributed by atoms with Gasteiger partial charge in [0, 0.05) is 43.4 Å². The van der Waals surface area contributed by atoms with Crippen LogP contribution < -0.4 is 5.73 Å². The number of carbonyl (C=O) groups excluding carboxylic acids is 1. The number of nitrogens with two attached hydrogens (primary N) is 1. The first-order valence-corrected chi connectivity index (χ1v) is 15.0. The largest absolute Gasteiger partial charge is 0.381 e. The number of nitrogens with one attached hydrogen (secondary N) is 1. The van der Waals surface area contributed by atoms with Gasteiger partial charge in [0.25, 0.3) is 0 Å². The molecule has 1 saturated heterocycles. The molecule has 1 aliphatic carbocycles. The lowest BCUT2D eigenvalue weighted by molar-refractivity contribution is -0.117. The Morgan fingerprint density at radius 1 is 1.05 bits per heavy atom. The number of fused-ring (bicyclic) bond motifs is 1. The van der Waals surface area contributed by atoms with Crippen LogP contribution in [-0.2, 0) is 26.0 Å². The van der Waals surface area contributed by atoms with E-state index < -0.39 is 10.0 Å². The number of ether oxygens (including phenoxy) is 1. The van der Waals surface area contributed by atoms with Crippen molar-refractivity contribution < 1.29 is 17.9 Å². The SMILES string of the molecule is NC(=O)Cc1cc(-c2ccccc2)cc2c(C3CCN(S(=O)(=O)CCCOCC4CCC4)CC3)c[nH]c12. The highest BCUT2D eigenvalue weighted by Gasteiger charge is 2.30. The van der Waals surface area contributed by atoms with Crippen LogP contribution in [0.2, 0.25) is 0 Å². The first-order valence-electron chi connectivity index (χ1n) is 13.4. The molecular weight excluding hydrogens is 486 g/mol. The van der Waals surface area contributed by atoms with Gasteiger partial charge in [0.1, 0.15) is 0 Å². The summed E-state index contributed by atoms with van der Waals surface area (Å²) < 4.78 is 33.2. The molecule has 8 heteroatoms. The number of benzene rings is 2. The van der Waals surface area contributed by atoms with Crippen LogP contribution in [-0.4, -0.2) is 55.7 Å². The lowest BCUT2D eigenvalue weighted by Crippen LogP contribution is -2.39. The number of aromatic amines is 1. The summed E-state index contributed by atoms with van der Waals surface area (Å²) in [5.74, 6) is 0.704. The van der Waals surface area contributed by atoms with Crippen molar-refractivity contribution in [1.29, 1.82) is 0 Å². The standard InChI is InChI=1S/C29H37N3O4S/c30-28(33)18-25-16-24(22-8-2-1-3-9-22)17-26-27(19-31-29(25)26)23-10-12-32(13-11-23)37(34,35)15-5-14-36-20-21-6-4-7-21/h1-3,8-9,16-17,19,21,23,31H,4-7,10-15,18,20H2,(H2,30,33). The van der Waals surface area contributed by atoms with E-state index in [1.165, 1.54) is 24.8 Å². The maximum absolute atomic E-state index is 12.9. The Hall–Kier alpha value is -2.68. The van der Waals surface area contributed by atoms with E-state index in [-0.39, 0.29) is 24.0 Å². The van der Waals surface area contributed by atoms with Gasteiger partial charge in [0.2, 0.25) is 15.9 Å². The Morgan fingerprint density at radius 3 is 2.49 bits per heavy atom. The summed E-state index contributed by atoms with van der Waals surface area (Å²) in [4.78, 5) is 15.2. The Bertz CT molecular complexity index is 1320. The molecule has 5 rings (SSSR count). The highest BCUT2D eigenvalue weighted by atomic mass is 32.2. The van der Waals surface area contributed by atoms with E-state index in [1.807, 2.05) is 30.5 Å². The molecule has 3 aromatic rings. The number of H-pyrrole nitrogens is 1. The molecule has 1 amide bonds. The topological polar surface area (TPSA) is 105 Å². The molecule has 2 aliphatic rings. The van der Waals surface area contributed by atoms with Crippen molar-refractivity contribution in [3.63, 3.8) is 0 Å². The van der Waals surface area contributed by atoms with Crippen molar-refractivity contribution in [3.05, 3.63) is 59.8 Å². The van der Waals surface area contributed by atoms with Crippen molar-refractivity contribution in [3.8, 4) is 11.1 Å². The van der Waals surface area contributed by atoms with Gasteiger partial charge in [-0.2, -0.15) is 0 Å². The van der Waals surface area contributed by atoms with Crippen LogP contribution in [0, 0.1) is 5.92 Å². The molecule has 1 aliphatic heterocycles. The fourth-order valence-electron chi connectivity index (χ4n) is 5.62. The van der Waals surface area contributed by atoms with Crippen LogP contribution >= 0.6 is 0 Å². The average Bonchev–Trinajstić information content (AvgIpc) is 3.30. The van der Waals surface area contributed by atoms with Crippen molar-refractivity contribution in [2.45, 2.75) is 50.9 Å². The van der Waals surface area contributed by atoms with Crippen LogP contribution in [0.4, 0.5) is 0 Å². The molecule has 1 aromatic heterocycles. The fraction of sp³-hybridized carbons (Fsp3) is 0.483. The summed E-state index contributed by atoms with van der Waals surface area (Å²) in [6.45, 7) is 2.33. The number of rotatable bonds is 11. The number of amides is 1. The second-order valence-corrected chi connectivity index (χ2v) is 12.6. The van der Waals surface area contributed by atoms with E-state index in [0.717, 1.165) is 47.0 Å². The summed E-state index contributed by atoms with van der Waals surface area (Å²) in [6.07, 6.45) is 8.04. The molecule has 37 heavy (non-hydrogen) atoms. The van der Waals surface area contributed by atoms with Gasteiger partial charge < -0.3 is 15.5 Å². The quantitative estimate of drug-likeness (QED) is 0.359. The Morgan fingerprint density at radius 2 is 1.81 bits per heavy atom. The van der Waals surface area contributed by atoms with Crippen LogP contribution in [0.3, 0.4) is 0 Å². The molecule has 198 valence electrons. The Balaban J connectivity index is 1.26. The van der Waals surface area contributed by atoms with Crippen molar-refractivity contribution >= 4 is 26.8 Å². The summed E-state index contributed by atoms with van der Waals surface area (Å²) in [5, 5.41) is 1.09. The van der Waals surface area contributed by atoms with Crippen molar-refractivity contribution in [1.82, 2.24) is 9.29 Å². The van der Waals surface area contributed by atoms with Gasteiger partial charge >= 0.3 is 0 Å². The van der Waals surface area contributed by atoms with Gasteiger partial charge in [-0.05, 0) is 78.3 Å². The molecule has 1 saturated carbocycles. The second kappa shape index (κ2) is 11.4. The van der Waals surface area contributed by atoms with Crippen LogP contribution in [0.1, 0.15) is 55.6 Å². The molecule has 3 N–H and O–H groups in total. The zero-order chi connectivity index (χ0) is 25.8. The van der Waals surface area contributed by atoms with Gasteiger partial charge in [-0.15, -0.1) is 0 Å². The molecule has 0 radical (unpaired) electrons. The molecule has 0 bridgehead atoms. The predicted octanol–water partition coefficient (Wildman–Crippen LogP) is 4.58. The highest BCUT2D eigenvalue weighted by molar-refractivity contribution is 7.89. The Kier molecular flexibility index (Phi) is 7.98. The van der Waals surface area contributed by atoms with Crippen LogP contribution in [0.5, 0.6) is 0 Å². The monoisotopic (exact) mass is 523 g/mol. The average molecular weight is 524 g/mol. The number of aromatic nitrogens is 1. The maximum Gasteiger partial charge on any atom is 0.221 e.